The van der Waals surface area contributed by atoms with Gasteiger partial charge < -0.3 is 0 Å². The second-order valence-corrected chi connectivity index (χ2v) is 4.17. The molecule has 3 rings (SSSR count). The third-order valence-corrected chi connectivity index (χ3v) is 2.82. The number of hydrogen-bond acceptors (Lipinski definition) is 3. The highest BCUT2D eigenvalue weighted by atomic mass is 16.1. The maximum atomic E-state index is 12.4. The molecule has 1 aromatic carbocycles. The third kappa shape index (κ3) is 2.06. The SMILES string of the molecule is Cn1ccc(C(=O)c2ccnn2-c2ccccc2)n1. The van der Waals surface area contributed by atoms with Crippen molar-refractivity contribution in [3.05, 3.63) is 66.2 Å². The van der Waals surface area contributed by atoms with Crippen molar-refractivity contribution in [3.63, 3.8) is 0 Å². The van der Waals surface area contributed by atoms with Crippen LogP contribution in [-0.2, 0) is 7.05 Å². The number of carbonyl (C=O) groups is 1. The van der Waals surface area contributed by atoms with Crippen LogP contribution < -0.4 is 0 Å². The van der Waals surface area contributed by atoms with Crippen molar-refractivity contribution in [2.45, 2.75) is 0 Å². The van der Waals surface area contributed by atoms with E-state index in [0.717, 1.165) is 5.69 Å². The number of rotatable bonds is 3. The second-order valence-electron chi connectivity index (χ2n) is 4.17. The van der Waals surface area contributed by atoms with Gasteiger partial charge in [-0.2, -0.15) is 10.2 Å². The molecule has 0 unspecified atom stereocenters. The summed E-state index contributed by atoms with van der Waals surface area (Å²) in [6.07, 6.45) is 3.36. The molecular formula is C14H12N4O. The lowest BCUT2D eigenvalue weighted by Gasteiger charge is -2.05. The van der Waals surface area contributed by atoms with Crippen LogP contribution in [-0.4, -0.2) is 25.3 Å². The molecule has 0 amide bonds. The van der Waals surface area contributed by atoms with Crippen LogP contribution >= 0.6 is 0 Å². The predicted octanol–water partition coefficient (Wildman–Crippen LogP) is 1.84. The summed E-state index contributed by atoms with van der Waals surface area (Å²) < 4.78 is 3.23. The minimum Gasteiger partial charge on any atom is -0.285 e. The lowest BCUT2D eigenvalue weighted by atomic mass is 10.2. The van der Waals surface area contributed by atoms with Gasteiger partial charge in [-0.05, 0) is 24.3 Å². The molecule has 0 aliphatic rings. The molecule has 0 atom stereocenters. The molecule has 2 heterocycles. The first-order chi connectivity index (χ1) is 9.25. The van der Waals surface area contributed by atoms with Gasteiger partial charge in [0.25, 0.3) is 0 Å². The van der Waals surface area contributed by atoms with Crippen LogP contribution in [0.2, 0.25) is 0 Å². The number of nitrogens with zero attached hydrogens (tertiary/aromatic N) is 4. The number of carbonyl (C=O) groups excluding carboxylic acids is 1. The zero-order valence-corrected chi connectivity index (χ0v) is 10.4. The van der Waals surface area contributed by atoms with E-state index in [1.807, 2.05) is 30.3 Å². The van der Waals surface area contributed by atoms with Crippen molar-refractivity contribution >= 4 is 5.78 Å². The Hall–Kier alpha value is -2.69. The van der Waals surface area contributed by atoms with Gasteiger partial charge in [-0.1, -0.05) is 18.2 Å². The van der Waals surface area contributed by atoms with Crippen molar-refractivity contribution in [1.29, 1.82) is 0 Å². The first-order valence-corrected chi connectivity index (χ1v) is 5.89. The topological polar surface area (TPSA) is 52.7 Å². The fourth-order valence-corrected chi connectivity index (χ4v) is 1.92. The summed E-state index contributed by atoms with van der Waals surface area (Å²) in [4.78, 5) is 12.4. The monoisotopic (exact) mass is 252 g/mol. The molecular weight excluding hydrogens is 240 g/mol. The summed E-state index contributed by atoms with van der Waals surface area (Å²) in [6.45, 7) is 0. The van der Waals surface area contributed by atoms with Gasteiger partial charge in [0.2, 0.25) is 5.78 Å². The highest BCUT2D eigenvalue weighted by Crippen LogP contribution is 2.13. The molecule has 3 aromatic rings. The minimum absolute atomic E-state index is 0.137. The summed E-state index contributed by atoms with van der Waals surface area (Å²) in [5, 5.41) is 8.33. The number of ketones is 1. The van der Waals surface area contributed by atoms with Gasteiger partial charge in [0.05, 0.1) is 11.9 Å². The average Bonchev–Trinajstić information content (AvgIpc) is 3.07. The summed E-state index contributed by atoms with van der Waals surface area (Å²) in [6, 6.07) is 12.9. The average molecular weight is 252 g/mol. The van der Waals surface area contributed by atoms with E-state index in [2.05, 4.69) is 10.2 Å². The van der Waals surface area contributed by atoms with Crippen molar-refractivity contribution in [1.82, 2.24) is 19.6 Å². The number of benzene rings is 1. The molecule has 19 heavy (non-hydrogen) atoms. The van der Waals surface area contributed by atoms with Gasteiger partial charge in [0.1, 0.15) is 11.4 Å². The van der Waals surface area contributed by atoms with Crippen LogP contribution in [0.1, 0.15) is 16.2 Å². The van der Waals surface area contributed by atoms with Gasteiger partial charge in [-0.25, -0.2) is 4.68 Å². The molecule has 5 heteroatoms. The Labute approximate surface area is 110 Å². The van der Waals surface area contributed by atoms with Gasteiger partial charge >= 0.3 is 0 Å². The number of aromatic nitrogens is 4. The zero-order chi connectivity index (χ0) is 13.2. The molecule has 0 saturated carbocycles. The summed E-state index contributed by atoms with van der Waals surface area (Å²) in [7, 11) is 1.78. The molecule has 0 aliphatic heterocycles. The van der Waals surface area contributed by atoms with Crippen LogP contribution in [0.15, 0.2) is 54.9 Å². The molecule has 0 saturated heterocycles. The molecule has 0 aliphatic carbocycles. The smallest absolute Gasteiger partial charge is 0.231 e. The first kappa shape index (κ1) is 11.4. The fraction of sp³-hybridized carbons (Fsp3) is 0.0714. The van der Waals surface area contributed by atoms with Crippen molar-refractivity contribution in [2.24, 2.45) is 7.05 Å². The van der Waals surface area contributed by atoms with Crippen molar-refractivity contribution in [2.75, 3.05) is 0 Å². The maximum Gasteiger partial charge on any atom is 0.231 e. The number of aryl methyl sites for hydroxylation is 1. The van der Waals surface area contributed by atoms with E-state index in [0.29, 0.717) is 11.4 Å². The molecule has 0 radical (unpaired) electrons. The third-order valence-electron chi connectivity index (χ3n) is 2.82. The van der Waals surface area contributed by atoms with Crippen molar-refractivity contribution < 1.29 is 4.79 Å². The zero-order valence-electron chi connectivity index (χ0n) is 10.4. The van der Waals surface area contributed by atoms with Crippen LogP contribution in [0.5, 0.6) is 0 Å². The van der Waals surface area contributed by atoms with Gasteiger partial charge in [0.15, 0.2) is 0 Å². The summed E-state index contributed by atoms with van der Waals surface area (Å²) in [5.41, 5.74) is 1.77. The van der Waals surface area contributed by atoms with Crippen LogP contribution in [0.3, 0.4) is 0 Å². The van der Waals surface area contributed by atoms with Crippen LogP contribution in [0.25, 0.3) is 5.69 Å². The molecule has 94 valence electrons. The molecule has 0 fully saturated rings. The highest BCUT2D eigenvalue weighted by molar-refractivity contribution is 6.06. The van der Waals surface area contributed by atoms with E-state index in [1.54, 1.807) is 40.9 Å². The van der Waals surface area contributed by atoms with Crippen molar-refractivity contribution in [3.8, 4) is 5.69 Å². The Kier molecular flexibility index (Phi) is 2.72. The van der Waals surface area contributed by atoms with E-state index in [4.69, 9.17) is 0 Å². The van der Waals surface area contributed by atoms with E-state index in [1.165, 1.54) is 0 Å². The second kappa shape index (κ2) is 4.53. The highest BCUT2D eigenvalue weighted by Gasteiger charge is 2.17. The number of hydrogen-bond donors (Lipinski definition) is 0. The molecule has 0 bridgehead atoms. The summed E-state index contributed by atoms with van der Waals surface area (Å²) in [5.74, 6) is -0.137. The minimum atomic E-state index is -0.137. The van der Waals surface area contributed by atoms with E-state index in [-0.39, 0.29) is 5.78 Å². The fourth-order valence-electron chi connectivity index (χ4n) is 1.92. The van der Waals surface area contributed by atoms with E-state index >= 15 is 0 Å². The maximum absolute atomic E-state index is 12.4. The van der Waals surface area contributed by atoms with Gasteiger partial charge in [-0.3, -0.25) is 9.48 Å². The van der Waals surface area contributed by atoms with E-state index in [9.17, 15) is 4.79 Å². The normalized spacial score (nSPS) is 10.6. The Morgan fingerprint density at radius 3 is 2.58 bits per heavy atom. The van der Waals surface area contributed by atoms with Crippen LogP contribution in [0.4, 0.5) is 0 Å². The molecule has 0 spiro atoms. The Bertz CT molecular complexity index is 712. The quantitative estimate of drug-likeness (QED) is 0.668. The van der Waals surface area contributed by atoms with Gasteiger partial charge in [0, 0.05) is 13.2 Å². The Morgan fingerprint density at radius 2 is 1.89 bits per heavy atom. The Balaban J connectivity index is 2.03. The lowest BCUT2D eigenvalue weighted by Crippen LogP contribution is -2.10. The lowest BCUT2D eigenvalue weighted by molar-refractivity contribution is 0.102. The van der Waals surface area contributed by atoms with Gasteiger partial charge in [-0.15, -0.1) is 0 Å². The Morgan fingerprint density at radius 1 is 1.11 bits per heavy atom. The standard InChI is InChI=1S/C14H12N4O/c1-17-10-8-12(16-17)14(19)13-7-9-15-18(13)11-5-3-2-4-6-11/h2-10H,1H3. The van der Waals surface area contributed by atoms with E-state index < -0.39 is 0 Å². The molecule has 5 nitrogen and oxygen atoms in total. The molecule has 0 N–H and O–H groups in total. The first-order valence-electron chi connectivity index (χ1n) is 5.89. The predicted molar refractivity (Wildman–Crippen MR) is 70.2 cm³/mol. The number of para-hydroxylation sites is 1. The largest absolute Gasteiger partial charge is 0.285 e. The molecule has 2 aromatic heterocycles. The summed E-state index contributed by atoms with van der Waals surface area (Å²) >= 11 is 0. The van der Waals surface area contributed by atoms with Crippen LogP contribution in [0, 0.1) is 0 Å².